The number of rotatable bonds is 9. The minimum Gasteiger partial charge on any atom is -0.467 e. The van der Waals surface area contributed by atoms with Crippen LogP contribution in [0, 0.1) is 20.8 Å². The van der Waals surface area contributed by atoms with Crippen LogP contribution in [0.4, 0.5) is 0 Å². The largest absolute Gasteiger partial charge is 0.467 e. The lowest BCUT2D eigenvalue weighted by molar-refractivity contribution is 0.0957. The minimum atomic E-state index is 0.0892. The Morgan fingerprint density at radius 2 is 2.00 bits per heavy atom. The van der Waals surface area contributed by atoms with E-state index in [9.17, 15) is 4.79 Å². The van der Waals surface area contributed by atoms with Gasteiger partial charge in [0.25, 0.3) is 0 Å². The lowest BCUT2D eigenvalue weighted by Gasteiger charge is -2.14. The monoisotopic (exact) mass is 490 g/mol. The van der Waals surface area contributed by atoms with Gasteiger partial charge in [-0.05, 0) is 57.9 Å². The molecule has 1 fully saturated rings. The molecule has 0 spiro atoms. The average Bonchev–Trinajstić information content (AvgIpc) is 3.65. The van der Waals surface area contributed by atoms with Crippen LogP contribution in [0.15, 0.2) is 58.3 Å². The summed E-state index contributed by atoms with van der Waals surface area (Å²) in [7, 11) is 0. The molecule has 1 saturated heterocycles. The molecule has 0 N–H and O–H groups in total. The Labute approximate surface area is 209 Å². The van der Waals surface area contributed by atoms with Crippen LogP contribution in [0.3, 0.4) is 0 Å². The maximum absolute atomic E-state index is 13.2. The van der Waals surface area contributed by atoms with Crippen LogP contribution in [0.1, 0.15) is 45.9 Å². The second-order valence-corrected chi connectivity index (χ2v) is 10.0. The molecule has 0 amide bonds. The molecule has 5 rings (SSSR count). The number of aryl methyl sites for hydroxylation is 2. The van der Waals surface area contributed by atoms with Crippen LogP contribution in [-0.4, -0.2) is 43.6 Å². The molecule has 4 heterocycles. The number of Topliss-reactive ketones (excluding diaryl/α,β-unsaturated/α-hetero) is 1. The van der Waals surface area contributed by atoms with Crippen LogP contribution in [0.2, 0.25) is 0 Å². The van der Waals surface area contributed by atoms with Gasteiger partial charge in [-0.25, -0.2) is 0 Å². The van der Waals surface area contributed by atoms with Gasteiger partial charge >= 0.3 is 0 Å². The number of aromatic nitrogens is 4. The van der Waals surface area contributed by atoms with E-state index in [4.69, 9.17) is 9.15 Å². The summed E-state index contributed by atoms with van der Waals surface area (Å²) >= 11 is 1.41. The van der Waals surface area contributed by atoms with Crippen molar-refractivity contribution in [2.75, 3.05) is 12.4 Å². The summed E-state index contributed by atoms with van der Waals surface area (Å²) in [6.45, 7) is 8.26. The van der Waals surface area contributed by atoms with Gasteiger partial charge in [0.15, 0.2) is 16.8 Å². The van der Waals surface area contributed by atoms with Crippen LogP contribution in [0.25, 0.3) is 11.4 Å². The molecule has 1 aliphatic heterocycles. The van der Waals surface area contributed by atoms with Crippen molar-refractivity contribution in [1.29, 1.82) is 0 Å². The van der Waals surface area contributed by atoms with Crippen molar-refractivity contribution in [2.45, 2.75) is 58.0 Å². The molecule has 8 heteroatoms. The van der Waals surface area contributed by atoms with Gasteiger partial charge in [-0.15, -0.1) is 10.2 Å². The summed E-state index contributed by atoms with van der Waals surface area (Å²) in [5.41, 5.74) is 5.00. The lowest BCUT2D eigenvalue weighted by Crippen LogP contribution is -2.17. The van der Waals surface area contributed by atoms with Gasteiger partial charge in [0.05, 0.1) is 24.7 Å². The van der Waals surface area contributed by atoms with Crippen LogP contribution in [0.5, 0.6) is 0 Å². The lowest BCUT2D eigenvalue weighted by atomic mass is 10.1. The van der Waals surface area contributed by atoms with Crippen molar-refractivity contribution >= 4 is 17.5 Å². The fourth-order valence-electron chi connectivity index (χ4n) is 4.66. The molecular formula is C27H30N4O3S. The van der Waals surface area contributed by atoms with E-state index in [1.165, 1.54) is 11.8 Å². The average molecular weight is 491 g/mol. The SMILES string of the molecule is Cc1cccc(-c2nnc(SCC(=O)c3cc(C)n(CC4CCCO4)c3C)n2Cc2ccco2)c1. The molecule has 0 bridgehead atoms. The van der Waals surface area contributed by atoms with E-state index in [2.05, 4.69) is 40.7 Å². The molecule has 7 nitrogen and oxygen atoms in total. The number of thioether (sulfide) groups is 1. The Bertz CT molecular complexity index is 1320. The zero-order valence-corrected chi connectivity index (χ0v) is 21.2. The van der Waals surface area contributed by atoms with E-state index >= 15 is 0 Å². The molecular weight excluding hydrogens is 460 g/mol. The highest BCUT2D eigenvalue weighted by Crippen LogP contribution is 2.28. The topological polar surface area (TPSA) is 75.1 Å². The van der Waals surface area contributed by atoms with Crippen molar-refractivity contribution < 1.29 is 13.9 Å². The third-order valence-electron chi connectivity index (χ3n) is 6.50. The number of ether oxygens (including phenoxy) is 1. The minimum absolute atomic E-state index is 0.0892. The maximum atomic E-state index is 13.2. The predicted molar refractivity (Wildman–Crippen MR) is 136 cm³/mol. The number of benzene rings is 1. The van der Waals surface area contributed by atoms with E-state index < -0.39 is 0 Å². The second-order valence-electron chi connectivity index (χ2n) is 9.08. The molecule has 35 heavy (non-hydrogen) atoms. The highest BCUT2D eigenvalue weighted by molar-refractivity contribution is 7.99. The van der Waals surface area contributed by atoms with E-state index in [0.717, 1.165) is 65.7 Å². The van der Waals surface area contributed by atoms with Crippen molar-refractivity contribution in [3.8, 4) is 11.4 Å². The Morgan fingerprint density at radius 1 is 1.11 bits per heavy atom. The van der Waals surface area contributed by atoms with Crippen molar-refractivity contribution in [2.24, 2.45) is 0 Å². The second kappa shape index (κ2) is 10.3. The van der Waals surface area contributed by atoms with E-state index in [1.807, 2.05) is 41.8 Å². The summed E-state index contributed by atoms with van der Waals surface area (Å²) in [6.07, 6.45) is 4.08. The summed E-state index contributed by atoms with van der Waals surface area (Å²) in [6, 6.07) is 14.0. The Hall–Kier alpha value is -3.10. The first kappa shape index (κ1) is 23.6. The number of carbonyl (C=O) groups excluding carboxylic acids is 1. The van der Waals surface area contributed by atoms with Gasteiger partial charge < -0.3 is 13.7 Å². The quantitative estimate of drug-likeness (QED) is 0.229. The summed E-state index contributed by atoms with van der Waals surface area (Å²) < 4.78 is 15.6. The normalized spacial score (nSPS) is 15.7. The molecule has 1 aromatic carbocycles. The molecule has 0 saturated carbocycles. The first-order chi connectivity index (χ1) is 17.0. The molecule has 1 aliphatic rings. The molecule has 0 radical (unpaired) electrons. The summed E-state index contributed by atoms with van der Waals surface area (Å²) in [5, 5.41) is 9.61. The van der Waals surface area contributed by atoms with E-state index in [1.54, 1.807) is 6.26 Å². The molecule has 0 aliphatic carbocycles. The molecule has 4 aromatic rings. The van der Waals surface area contributed by atoms with Gasteiger partial charge in [0.2, 0.25) is 0 Å². The zero-order valence-electron chi connectivity index (χ0n) is 20.4. The van der Waals surface area contributed by atoms with Crippen LogP contribution in [-0.2, 0) is 17.8 Å². The maximum Gasteiger partial charge on any atom is 0.192 e. The van der Waals surface area contributed by atoms with Crippen LogP contribution >= 0.6 is 11.8 Å². The molecule has 182 valence electrons. The van der Waals surface area contributed by atoms with Gasteiger partial charge in [-0.3, -0.25) is 9.36 Å². The summed E-state index contributed by atoms with van der Waals surface area (Å²) in [5.74, 6) is 1.94. The smallest absolute Gasteiger partial charge is 0.192 e. The number of ketones is 1. The standard InChI is InChI=1S/C27H30N4O3S/c1-18-7-4-8-21(13-18)26-28-29-27(31(26)16-23-10-6-12-34-23)35-17-25(32)24-14-19(2)30(20(24)3)15-22-9-5-11-33-22/h4,6-8,10,12-14,22H,5,9,11,15-17H2,1-3H3. The zero-order chi connectivity index (χ0) is 24.4. The molecule has 1 unspecified atom stereocenters. The third-order valence-corrected chi connectivity index (χ3v) is 7.47. The van der Waals surface area contributed by atoms with Gasteiger partial charge in [-0.2, -0.15) is 0 Å². The van der Waals surface area contributed by atoms with E-state index in [-0.39, 0.29) is 17.6 Å². The number of carbonyl (C=O) groups is 1. The number of hydrogen-bond acceptors (Lipinski definition) is 6. The molecule has 1 atom stereocenters. The Morgan fingerprint density at radius 3 is 2.74 bits per heavy atom. The fraction of sp³-hybridized carbons (Fsp3) is 0.370. The van der Waals surface area contributed by atoms with Gasteiger partial charge in [-0.1, -0.05) is 35.5 Å². The van der Waals surface area contributed by atoms with Crippen molar-refractivity contribution in [3.63, 3.8) is 0 Å². The van der Waals surface area contributed by atoms with E-state index in [0.29, 0.717) is 11.7 Å². The molecule has 3 aromatic heterocycles. The fourth-order valence-corrected chi connectivity index (χ4v) is 5.48. The number of nitrogens with zero attached hydrogens (tertiary/aromatic N) is 4. The van der Waals surface area contributed by atoms with Crippen molar-refractivity contribution in [1.82, 2.24) is 19.3 Å². The highest BCUT2D eigenvalue weighted by Gasteiger charge is 2.22. The van der Waals surface area contributed by atoms with Crippen LogP contribution < -0.4 is 0 Å². The van der Waals surface area contributed by atoms with Gasteiger partial charge in [0, 0.05) is 35.7 Å². The third kappa shape index (κ3) is 5.13. The van der Waals surface area contributed by atoms with Gasteiger partial charge in [0.1, 0.15) is 5.76 Å². The number of furan rings is 1. The highest BCUT2D eigenvalue weighted by atomic mass is 32.2. The number of hydrogen-bond donors (Lipinski definition) is 0. The predicted octanol–water partition coefficient (Wildman–Crippen LogP) is 5.47. The first-order valence-electron chi connectivity index (χ1n) is 12.0. The van der Waals surface area contributed by atoms with Crippen molar-refractivity contribution in [3.05, 3.63) is 77.0 Å². The Balaban J connectivity index is 1.36. The Kier molecular flexibility index (Phi) is 6.92. The summed E-state index contributed by atoms with van der Waals surface area (Å²) in [4.78, 5) is 13.2. The first-order valence-corrected chi connectivity index (χ1v) is 12.9.